The average molecular weight is 303 g/mol. The van der Waals surface area contributed by atoms with Gasteiger partial charge in [-0.25, -0.2) is 0 Å². The summed E-state index contributed by atoms with van der Waals surface area (Å²) in [4.78, 5) is 0.675. The minimum absolute atomic E-state index is 0.135. The first-order valence-corrected chi connectivity index (χ1v) is 7.45. The third-order valence-corrected chi connectivity index (χ3v) is 3.89. The van der Waals surface area contributed by atoms with Gasteiger partial charge in [-0.05, 0) is 23.1 Å². The summed E-state index contributed by atoms with van der Waals surface area (Å²) in [7, 11) is 0. The zero-order valence-electron chi connectivity index (χ0n) is 12.2. The predicted octanol–water partition coefficient (Wildman–Crippen LogP) is 2.64. The molecule has 0 aliphatic carbocycles. The minimum Gasteiger partial charge on any atom is -0.486 e. The molecular formula is C14H17N5OS. The lowest BCUT2D eigenvalue weighted by atomic mass is 9.87. The highest BCUT2D eigenvalue weighted by Crippen LogP contribution is 2.24. The van der Waals surface area contributed by atoms with Crippen LogP contribution in [0.3, 0.4) is 0 Å². The summed E-state index contributed by atoms with van der Waals surface area (Å²) < 4.78 is 7.35. The molecule has 0 radical (unpaired) electrons. The van der Waals surface area contributed by atoms with E-state index in [0.29, 0.717) is 22.5 Å². The van der Waals surface area contributed by atoms with Gasteiger partial charge in [-0.2, -0.15) is 4.52 Å². The summed E-state index contributed by atoms with van der Waals surface area (Å²) in [5, 5.41) is 12.7. The summed E-state index contributed by atoms with van der Waals surface area (Å²) >= 11 is 1.30. The van der Waals surface area contributed by atoms with E-state index in [9.17, 15) is 0 Å². The van der Waals surface area contributed by atoms with Gasteiger partial charge in [0.15, 0.2) is 5.82 Å². The van der Waals surface area contributed by atoms with Crippen LogP contribution in [0, 0.1) is 0 Å². The van der Waals surface area contributed by atoms with E-state index in [0.717, 1.165) is 5.75 Å². The van der Waals surface area contributed by atoms with Crippen molar-refractivity contribution in [3.63, 3.8) is 0 Å². The fraction of sp³-hybridized carbons (Fsp3) is 0.357. The Bertz CT molecular complexity index is 754. The van der Waals surface area contributed by atoms with Crippen LogP contribution in [-0.2, 0) is 12.0 Å². The van der Waals surface area contributed by atoms with Crippen LogP contribution >= 0.6 is 11.3 Å². The maximum atomic E-state index is 5.74. The first-order chi connectivity index (χ1) is 9.93. The number of nitrogen functional groups attached to an aromatic ring is 1. The van der Waals surface area contributed by atoms with Gasteiger partial charge in [-0.1, -0.05) is 44.2 Å². The molecule has 0 bridgehead atoms. The van der Waals surface area contributed by atoms with E-state index in [-0.39, 0.29) is 5.41 Å². The van der Waals surface area contributed by atoms with E-state index in [4.69, 9.17) is 10.5 Å². The smallest absolute Gasteiger partial charge is 0.236 e. The van der Waals surface area contributed by atoms with Crippen molar-refractivity contribution in [2.24, 2.45) is 0 Å². The third kappa shape index (κ3) is 2.82. The molecule has 110 valence electrons. The van der Waals surface area contributed by atoms with Crippen molar-refractivity contribution in [2.75, 3.05) is 5.73 Å². The molecule has 2 N–H and O–H groups in total. The van der Waals surface area contributed by atoms with E-state index >= 15 is 0 Å². The number of benzene rings is 1. The van der Waals surface area contributed by atoms with Crippen LogP contribution in [-0.4, -0.2) is 19.8 Å². The van der Waals surface area contributed by atoms with Gasteiger partial charge in [0.2, 0.25) is 10.1 Å². The molecule has 0 fully saturated rings. The Balaban J connectivity index is 1.72. The quantitative estimate of drug-likeness (QED) is 0.804. The van der Waals surface area contributed by atoms with Crippen LogP contribution in [0.1, 0.15) is 32.2 Å². The third-order valence-electron chi connectivity index (χ3n) is 3.16. The lowest BCUT2D eigenvalue weighted by Gasteiger charge is -2.19. The number of aromatic nitrogens is 4. The van der Waals surface area contributed by atoms with Crippen molar-refractivity contribution in [3.8, 4) is 5.75 Å². The Morgan fingerprint density at radius 3 is 2.57 bits per heavy atom. The number of rotatable bonds is 3. The lowest BCUT2D eigenvalue weighted by Crippen LogP contribution is -2.10. The molecule has 0 aliphatic rings. The maximum absolute atomic E-state index is 5.74. The molecule has 3 aromatic rings. The summed E-state index contributed by atoms with van der Waals surface area (Å²) in [6, 6.07) is 8.09. The second-order valence-corrected chi connectivity index (χ2v) is 6.80. The zero-order chi connectivity index (χ0) is 15.0. The van der Waals surface area contributed by atoms with Crippen LogP contribution in [0.5, 0.6) is 5.75 Å². The first kappa shape index (κ1) is 13.8. The molecule has 7 heteroatoms. The largest absolute Gasteiger partial charge is 0.486 e. The van der Waals surface area contributed by atoms with Gasteiger partial charge in [0.1, 0.15) is 12.4 Å². The standard InChI is InChI=1S/C14H17N5OS/c1-14(2,3)9-4-6-10(7-5-9)20-8-11-16-17-13-19(11)18-12(15)21-13/h4-7H,8H2,1-3H3,(H2,15,18). The second kappa shape index (κ2) is 5.00. The number of hydrogen-bond acceptors (Lipinski definition) is 6. The van der Waals surface area contributed by atoms with E-state index in [1.54, 1.807) is 4.52 Å². The van der Waals surface area contributed by atoms with Crippen LogP contribution in [0.25, 0.3) is 4.96 Å². The Morgan fingerprint density at radius 1 is 1.19 bits per heavy atom. The van der Waals surface area contributed by atoms with Gasteiger partial charge < -0.3 is 10.5 Å². The van der Waals surface area contributed by atoms with Gasteiger partial charge in [-0.3, -0.25) is 0 Å². The van der Waals surface area contributed by atoms with Crippen molar-refractivity contribution < 1.29 is 4.74 Å². The Kier molecular flexibility index (Phi) is 3.29. The van der Waals surface area contributed by atoms with Crippen molar-refractivity contribution in [1.29, 1.82) is 0 Å². The van der Waals surface area contributed by atoms with Crippen LogP contribution in [0.4, 0.5) is 5.13 Å². The van der Waals surface area contributed by atoms with Crippen LogP contribution < -0.4 is 10.5 Å². The highest BCUT2D eigenvalue weighted by Gasteiger charge is 2.14. The topological polar surface area (TPSA) is 78.3 Å². The number of anilines is 1. The number of fused-ring (bicyclic) bond motifs is 1. The molecule has 0 atom stereocenters. The average Bonchev–Trinajstić information content (AvgIpc) is 2.95. The molecule has 0 unspecified atom stereocenters. The molecule has 0 amide bonds. The van der Waals surface area contributed by atoms with Crippen LogP contribution in [0.2, 0.25) is 0 Å². The molecule has 21 heavy (non-hydrogen) atoms. The molecule has 3 rings (SSSR count). The number of hydrogen-bond donors (Lipinski definition) is 1. The SMILES string of the molecule is CC(C)(C)c1ccc(OCc2nnc3sc(N)nn23)cc1. The molecule has 0 aliphatic heterocycles. The second-order valence-electron chi connectivity index (χ2n) is 5.81. The van der Waals surface area contributed by atoms with E-state index < -0.39 is 0 Å². The Hall–Kier alpha value is -2.15. The molecule has 0 saturated carbocycles. The van der Waals surface area contributed by atoms with Crippen LogP contribution in [0.15, 0.2) is 24.3 Å². The molecule has 1 aromatic carbocycles. The zero-order valence-corrected chi connectivity index (χ0v) is 13.0. The molecule has 0 spiro atoms. The van der Waals surface area contributed by atoms with E-state index in [1.165, 1.54) is 16.9 Å². The van der Waals surface area contributed by atoms with Crippen molar-refractivity contribution in [1.82, 2.24) is 19.8 Å². The molecule has 2 heterocycles. The summed E-state index contributed by atoms with van der Waals surface area (Å²) in [5.41, 5.74) is 7.05. The predicted molar refractivity (Wildman–Crippen MR) is 82.5 cm³/mol. The van der Waals surface area contributed by atoms with E-state index in [1.807, 2.05) is 12.1 Å². The summed E-state index contributed by atoms with van der Waals surface area (Å²) in [5.74, 6) is 1.43. The number of nitrogens with two attached hydrogens (primary N) is 1. The number of nitrogens with zero attached hydrogens (tertiary/aromatic N) is 4. The molecule has 6 nitrogen and oxygen atoms in total. The lowest BCUT2D eigenvalue weighted by molar-refractivity contribution is 0.292. The first-order valence-electron chi connectivity index (χ1n) is 6.63. The fourth-order valence-corrected chi connectivity index (χ4v) is 2.59. The number of ether oxygens (including phenoxy) is 1. The van der Waals surface area contributed by atoms with Crippen molar-refractivity contribution >= 4 is 21.4 Å². The van der Waals surface area contributed by atoms with Gasteiger partial charge in [0.05, 0.1) is 0 Å². The minimum atomic E-state index is 0.135. The summed E-state index contributed by atoms with van der Waals surface area (Å²) in [6.45, 7) is 6.85. The monoisotopic (exact) mass is 303 g/mol. The fourth-order valence-electron chi connectivity index (χ4n) is 1.96. The highest BCUT2D eigenvalue weighted by molar-refractivity contribution is 7.20. The Morgan fingerprint density at radius 2 is 1.90 bits per heavy atom. The van der Waals surface area contributed by atoms with Gasteiger partial charge in [0.25, 0.3) is 0 Å². The van der Waals surface area contributed by atoms with Gasteiger partial charge in [0, 0.05) is 0 Å². The van der Waals surface area contributed by atoms with Gasteiger partial charge in [-0.15, -0.1) is 15.3 Å². The maximum Gasteiger partial charge on any atom is 0.236 e. The normalized spacial score (nSPS) is 12.0. The summed E-state index contributed by atoms with van der Waals surface area (Å²) in [6.07, 6.45) is 0. The molecule has 0 saturated heterocycles. The van der Waals surface area contributed by atoms with Gasteiger partial charge >= 0.3 is 0 Å². The van der Waals surface area contributed by atoms with E-state index in [2.05, 4.69) is 48.2 Å². The van der Waals surface area contributed by atoms with Crippen molar-refractivity contribution in [2.45, 2.75) is 32.8 Å². The highest BCUT2D eigenvalue weighted by atomic mass is 32.1. The molecule has 2 aromatic heterocycles. The Labute approximate surface area is 126 Å². The van der Waals surface area contributed by atoms with Crippen molar-refractivity contribution in [3.05, 3.63) is 35.7 Å². The molecular weight excluding hydrogens is 286 g/mol.